The van der Waals surface area contributed by atoms with Crippen LogP contribution in [-0.2, 0) is 11.8 Å². The van der Waals surface area contributed by atoms with Crippen LogP contribution in [-0.4, -0.2) is 38.8 Å². The maximum Gasteiger partial charge on any atom is 0.254 e. The standard InChI is InChI=1S/C23H22N4O2/c28-21-18-8-9-23(19(18)25-20(26-21)17-7-4-12-24-15-17)10-13-27(14-11-23)22(29)16-5-2-1-3-6-16/h1-7,12,15H,8-11,13-14H2,(H,25,26,28). The van der Waals surface area contributed by atoms with E-state index >= 15 is 0 Å². The van der Waals surface area contributed by atoms with E-state index in [-0.39, 0.29) is 16.9 Å². The van der Waals surface area contributed by atoms with Gasteiger partial charge in [-0.2, -0.15) is 0 Å². The van der Waals surface area contributed by atoms with E-state index in [4.69, 9.17) is 4.98 Å². The fourth-order valence-electron chi connectivity index (χ4n) is 4.68. The molecular weight excluding hydrogens is 364 g/mol. The van der Waals surface area contributed by atoms with Gasteiger partial charge >= 0.3 is 0 Å². The van der Waals surface area contributed by atoms with Crippen molar-refractivity contribution in [3.05, 3.63) is 82.0 Å². The Morgan fingerprint density at radius 3 is 2.55 bits per heavy atom. The van der Waals surface area contributed by atoms with E-state index in [0.717, 1.165) is 48.1 Å². The number of hydrogen-bond acceptors (Lipinski definition) is 4. The Bertz CT molecular complexity index is 1100. The zero-order chi connectivity index (χ0) is 19.8. The smallest absolute Gasteiger partial charge is 0.254 e. The minimum Gasteiger partial charge on any atom is -0.339 e. The van der Waals surface area contributed by atoms with Crippen molar-refractivity contribution in [2.75, 3.05) is 13.1 Å². The molecular formula is C23H22N4O2. The molecule has 2 aliphatic rings. The number of carbonyl (C=O) groups excluding carboxylic acids is 1. The van der Waals surface area contributed by atoms with Crippen molar-refractivity contribution in [1.82, 2.24) is 19.9 Å². The Morgan fingerprint density at radius 2 is 1.83 bits per heavy atom. The maximum atomic E-state index is 12.8. The molecule has 1 aromatic carbocycles. The van der Waals surface area contributed by atoms with E-state index < -0.39 is 0 Å². The maximum absolute atomic E-state index is 12.8. The largest absolute Gasteiger partial charge is 0.339 e. The molecule has 0 saturated carbocycles. The van der Waals surface area contributed by atoms with E-state index in [1.807, 2.05) is 47.4 Å². The van der Waals surface area contributed by atoms with E-state index in [1.165, 1.54) is 0 Å². The van der Waals surface area contributed by atoms with Crippen LogP contribution in [0, 0.1) is 0 Å². The lowest BCUT2D eigenvalue weighted by Crippen LogP contribution is -2.44. The second-order valence-corrected chi connectivity index (χ2v) is 7.92. The second-order valence-electron chi connectivity index (χ2n) is 7.92. The first-order valence-electron chi connectivity index (χ1n) is 10.0. The van der Waals surface area contributed by atoms with Gasteiger partial charge in [-0.3, -0.25) is 14.6 Å². The van der Waals surface area contributed by atoms with Crippen molar-refractivity contribution in [1.29, 1.82) is 0 Å². The normalized spacial score (nSPS) is 17.3. The summed E-state index contributed by atoms with van der Waals surface area (Å²) in [6.45, 7) is 1.37. The molecule has 6 nitrogen and oxygen atoms in total. The van der Waals surface area contributed by atoms with Gasteiger partial charge in [-0.1, -0.05) is 18.2 Å². The SMILES string of the molecule is O=C(c1ccccc1)N1CCC2(CCc3c2nc(-c2cccnc2)[nH]c3=O)CC1. The van der Waals surface area contributed by atoms with Crippen LogP contribution in [0.2, 0.25) is 0 Å². The van der Waals surface area contributed by atoms with E-state index in [2.05, 4.69) is 9.97 Å². The fraction of sp³-hybridized carbons (Fsp3) is 0.304. The van der Waals surface area contributed by atoms with Gasteiger partial charge in [0.05, 0.1) is 5.69 Å². The summed E-state index contributed by atoms with van der Waals surface area (Å²) in [7, 11) is 0. The number of hydrogen-bond donors (Lipinski definition) is 1. The van der Waals surface area contributed by atoms with Gasteiger partial charge in [0, 0.05) is 47.6 Å². The molecule has 6 heteroatoms. The van der Waals surface area contributed by atoms with Gasteiger partial charge < -0.3 is 9.88 Å². The third kappa shape index (κ3) is 3.05. The number of piperidine rings is 1. The molecule has 1 N–H and O–H groups in total. The number of nitrogens with zero attached hydrogens (tertiary/aromatic N) is 3. The van der Waals surface area contributed by atoms with Crippen LogP contribution in [0.15, 0.2) is 59.7 Å². The Morgan fingerprint density at radius 1 is 1.03 bits per heavy atom. The third-order valence-corrected chi connectivity index (χ3v) is 6.33. The molecule has 0 unspecified atom stereocenters. The minimum atomic E-state index is -0.117. The van der Waals surface area contributed by atoms with Crippen LogP contribution < -0.4 is 5.56 Å². The summed E-state index contributed by atoms with van der Waals surface area (Å²) in [5.74, 6) is 0.652. The molecule has 5 rings (SSSR count). The first kappa shape index (κ1) is 17.8. The zero-order valence-electron chi connectivity index (χ0n) is 16.1. The highest BCUT2D eigenvalue weighted by molar-refractivity contribution is 5.94. The van der Waals surface area contributed by atoms with Crippen LogP contribution in [0.25, 0.3) is 11.4 Å². The van der Waals surface area contributed by atoms with Crippen LogP contribution in [0.4, 0.5) is 0 Å². The lowest BCUT2D eigenvalue weighted by atomic mass is 9.76. The predicted octanol–water partition coefficient (Wildman–Crippen LogP) is 2.95. The number of fused-ring (bicyclic) bond motifs is 2. The molecule has 0 bridgehead atoms. The molecule has 2 aromatic heterocycles. The zero-order valence-corrected chi connectivity index (χ0v) is 16.1. The van der Waals surface area contributed by atoms with Crippen molar-refractivity contribution in [3.63, 3.8) is 0 Å². The number of carbonyl (C=O) groups is 1. The second kappa shape index (κ2) is 6.95. The first-order valence-corrected chi connectivity index (χ1v) is 10.0. The molecule has 0 radical (unpaired) electrons. The molecule has 1 saturated heterocycles. The molecule has 0 atom stereocenters. The van der Waals surface area contributed by atoms with E-state index in [9.17, 15) is 9.59 Å². The number of amides is 1. The quantitative estimate of drug-likeness (QED) is 0.734. The lowest BCUT2D eigenvalue weighted by molar-refractivity contribution is 0.0663. The van der Waals surface area contributed by atoms with Gasteiger partial charge in [0.1, 0.15) is 5.82 Å². The van der Waals surface area contributed by atoms with Crippen LogP contribution in [0.3, 0.4) is 0 Å². The molecule has 3 heterocycles. The molecule has 1 spiro atoms. The Hall–Kier alpha value is -3.28. The van der Waals surface area contributed by atoms with Gasteiger partial charge in [0.2, 0.25) is 0 Å². The highest BCUT2D eigenvalue weighted by Gasteiger charge is 2.44. The van der Waals surface area contributed by atoms with Crippen molar-refractivity contribution in [2.24, 2.45) is 0 Å². The average Bonchev–Trinajstić information content (AvgIpc) is 3.13. The Balaban J connectivity index is 1.43. The first-order chi connectivity index (χ1) is 14.2. The summed E-state index contributed by atoms with van der Waals surface area (Å²) < 4.78 is 0. The number of aromatic amines is 1. The monoisotopic (exact) mass is 386 g/mol. The van der Waals surface area contributed by atoms with Crippen LogP contribution in [0.5, 0.6) is 0 Å². The highest BCUT2D eigenvalue weighted by Crippen LogP contribution is 2.44. The molecule has 1 aliphatic carbocycles. The van der Waals surface area contributed by atoms with Crippen molar-refractivity contribution < 1.29 is 4.79 Å². The number of nitrogens with one attached hydrogen (secondary N) is 1. The lowest BCUT2D eigenvalue weighted by Gasteiger charge is -2.39. The number of benzene rings is 1. The number of rotatable bonds is 2. The number of likely N-dealkylation sites (tertiary alicyclic amines) is 1. The van der Waals surface area contributed by atoms with Gasteiger partial charge in [-0.25, -0.2) is 4.98 Å². The minimum absolute atomic E-state index is 0.0477. The molecule has 1 aliphatic heterocycles. The molecule has 1 amide bonds. The van der Waals surface area contributed by atoms with Gasteiger partial charge in [0.25, 0.3) is 11.5 Å². The summed E-state index contributed by atoms with van der Waals surface area (Å²) in [4.78, 5) is 39.4. The summed E-state index contributed by atoms with van der Waals surface area (Å²) in [5, 5.41) is 0. The number of aromatic nitrogens is 3. The molecule has 3 aromatic rings. The molecule has 29 heavy (non-hydrogen) atoms. The van der Waals surface area contributed by atoms with E-state index in [0.29, 0.717) is 18.9 Å². The number of H-pyrrole nitrogens is 1. The summed E-state index contributed by atoms with van der Waals surface area (Å²) in [6.07, 6.45) is 6.76. The van der Waals surface area contributed by atoms with E-state index in [1.54, 1.807) is 12.4 Å². The Kier molecular flexibility index (Phi) is 4.27. The van der Waals surface area contributed by atoms with Crippen molar-refractivity contribution in [3.8, 4) is 11.4 Å². The van der Waals surface area contributed by atoms with Crippen molar-refractivity contribution in [2.45, 2.75) is 31.1 Å². The third-order valence-electron chi connectivity index (χ3n) is 6.33. The van der Waals surface area contributed by atoms with Gasteiger partial charge in [-0.15, -0.1) is 0 Å². The highest BCUT2D eigenvalue weighted by atomic mass is 16.2. The predicted molar refractivity (Wildman–Crippen MR) is 110 cm³/mol. The molecule has 1 fully saturated rings. The van der Waals surface area contributed by atoms with Crippen LogP contribution >= 0.6 is 0 Å². The fourth-order valence-corrected chi connectivity index (χ4v) is 4.68. The number of pyridine rings is 1. The summed E-state index contributed by atoms with van der Waals surface area (Å²) in [6, 6.07) is 13.2. The van der Waals surface area contributed by atoms with Crippen LogP contribution in [0.1, 0.15) is 40.9 Å². The van der Waals surface area contributed by atoms with Crippen molar-refractivity contribution >= 4 is 5.91 Å². The molecule has 146 valence electrons. The summed E-state index contributed by atoms with van der Waals surface area (Å²) >= 11 is 0. The van der Waals surface area contributed by atoms with Gasteiger partial charge in [-0.05, 0) is 49.9 Å². The topological polar surface area (TPSA) is 79.0 Å². The Labute approximate surface area is 168 Å². The average molecular weight is 386 g/mol. The van der Waals surface area contributed by atoms with Gasteiger partial charge in [0.15, 0.2) is 0 Å². The summed E-state index contributed by atoms with van der Waals surface area (Å²) in [5.41, 5.74) is 3.10.